The summed E-state index contributed by atoms with van der Waals surface area (Å²) in [7, 11) is 3.55. The quantitative estimate of drug-likeness (QED) is 0.599. The molecule has 8 heteroatoms. The molecule has 3 aromatic rings. The summed E-state index contributed by atoms with van der Waals surface area (Å²) in [5, 5.41) is 4.69. The fourth-order valence-electron chi connectivity index (χ4n) is 4.42. The van der Waals surface area contributed by atoms with Gasteiger partial charge in [-0.3, -0.25) is 15.6 Å². The number of nitrogens with one attached hydrogen (secondary N) is 3. The Kier molecular flexibility index (Phi) is 5.14. The van der Waals surface area contributed by atoms with Crippen molar-refractivity contribution in [3.05, 3.63) is 41.4 Å². The first-order valence-corrected chi connectivity index (χ1v) is 11.2. The van der Waals surface area contributed by atoms with Crippen LogP contribution in [0.25, 0.3) is 21.5 Å². The van der Waals surface area contributed by atoms with Gasteiger partial charge in [-0.1, -0.05) is 12.1 Å². The number of hydrogen-bond acceptors (Lipinski definition) is 7. The van der Waals surface area contributed by atoms with E-state index in [1.165, 1.54) is 17.8 Å². The van der Waals surface area contributed by atoms with Crippen LogP contribution in [0, 0.1) is 5.92 Å². The van der Waals surface area contributed by atoms with Crippen LogP contribution in [0.1, 0.15) is 28.9 Å². The van der Waals surface area contributed by atoms with Crippen LogP contribution in [0.5, 0.6) is 0 Å². The van der Waals surface area contributed by atoms with Crippen LogP contribution < -0.4 is 16.2 Å². The molecule has 3 N–H and O–H groups in total. The molecule has 3 unspecified atom stereocenters. The fraction of sp³-hybridized carbons (Fsp3) is 0.409. The molecule has 0 spiro atoms. The number of carbonyl (C=O) groups is 1. The van der Waals surface area contributed by atoms with E-state index >= 15 is 0 Å². The first kappa shape index (κ1) is 19.4. The fourth-order valence-corrected chi connectivity index (χ4v) is 5.54. The Morgan fingerprint density at radius 1 is 1.23 bits per heavy atom. The van der Waals surface area contributed by atoms with E-state index in [0.29, 0.717) is 23.8 Å². The minimum absolute atomic E-state index is 0.0302. The molecule has 7 nitrogen and oxygen atoms in total. The van der Waals surface area contributed by atoms with Crippen LogP contribution >= 0.6 is 11.3 Å². The first-order valence-electron chi connectivity index (χ1n) is 10.4. The zero-order chi connectivity index (χ0) is 20.7. The standard InChI is InChI=1S/C22H26N6OS/c1-28(2)22(29)19-10-13-3-4-14(11-18(13)30-19)21-23-8-7-20(26-21)25-16-5-6-17-15(9-16)12-24-27-17/h3-4,7-8,10-11,15-17,24,27H,5-6,9,12H2,1-2H3,(H,23,25,26). The van der Waals surface area contributed by atoms with Crippen molar-refractivity contribution in [3.8, 4) is 11.4 Å². The number of aromatic nitrogens is 2. The largest absolute Gasteiger partial charge is 0.367 e. The number of carbonyl (C=O) groups excluding carboxylic acids is 1. The lowest BCUT2D eigenvalue weighted by Gasteiger charge is -2.31. The second-order valence-electron chi connectivity index (χ2n) is 8.37. The summed E-state index contributed by atoms with van der Waals surface area (Å²) < 4.78 is 1.07. The minimum atomic E-state index is 0.0302. The van der Waals surface area contributed by atoms with Gasteiger partial charge in [-0.25, -0.2) is 9.97 Å². The van der Waals surface area contributed by atoms with Crippen molar-refractivity contribution in [2.75, 3.05) is 26.0 Å². The smallest absolute Gasteiger partial charge is 0.263 e. The first-order chi connectivity index (χ1) is 14.6. The molecular weight excluding hydrogens is 396 g/mol. The molecule has 1 aromatic carbocycles. The number of hydrazine groups is 1. The van der Waals surface area contributed by atoms with E-state index in [0.717, 1.165) is 45.7 Å². The van der Waals surface area contributed by atoms with Gasteiger partial charge in [-0.05, 0) is 48.8 Å². The van der Waals surface area contributed by atoms with Crippen LogP contribution in [-0.4, -0.2) is 53.5 Å². The number of anilines is 1. The monoisotopic (exact) mass is 422 g/mol. The van der Waals surface area contributed by atoms with Crippen LogP contribution in [0.4, 0.5) is 5.82 Å². The molecule has 2 fully saturated rings. The Labute approximate surface area is 179 Å². The molecule has 0 radical (unpaired) electrons. The summed E-state index contributed by atoms with van der Waals surface area (Å²) in [6.45, 7) is 1.04. The second-order valence-corrected chi connectivity index (χ2v) is 9.46. The third kappa shape index (κ3) is 3.78. The molecule has 1 amide bonds. The van der Waals surface area contributed by atoms with Crippen molar-refractivity contribution in [1.29, 1.82) is 0 Å². The Balaban J connectivity index is 1.35. The van der Waals surface area contributed by atoms with Gasteiger partial charge in [0.1, 0.15) is 5.82 Å². The molecule has 1 aliphatic carbocycles. The van der Waals surface area contributed by atoms with Crippen molar-refractivity contribution >= 4 is 33.1 Å². The van der Waals surface area contributed by atoms with Gasteiger partial charge in [0.05, 0.1) is 4.88 Å². The Morgan fingerprint density at radius 2 is 2.13 bits per heavy atom. The summed E-state index contributed by atoms with van der Waals surface area (Å²) in [5.41, 5.74) is 7.62. The van der Waals surface area contributed by atoms with Crippen molar-refractivity contribution in [2.45, 2.75) is 31.3 Å². The second kappa shape index (κ2) is 7.94. The van der Waals surface area contributed by atoms with Crippen molar-refractivity contribution in [3.63, 3.8) is 0 Å². The summed E-state index contributed by atoms with van der Waals surface area (Å²) >= 11 is 1.51. The van der Waals surface area contributed by atoms with Gasteiger partial charge in [-0.2, -0.15) is 0 Å². The van der Waals surface area contributed by atoms with Crippen molar-refractivity contribution < 1.29 is 4.79 Å². The normalized spacial score (nSPS) is 23.3. The maximum atomic E-state index is 12.3. The van der Waals surface area contributed by atoms with E-state index in [-0.39, 0.29) is 5.91 Å². The highest BCUT2D eigenvalue weighted by molar-refractivity contribution is 7.20. The summed E-state index contributed by atoms with van der Waals surface area (Å²) in [6.07, 6.45) is 5.28. The topological polar surface area (TPSA) is 82.2 Å². The maximum absolute atomic E-state index is 12.3. The van der Waals surface area contributed by atoms with E-state index in [1.54, 1.807) is 19.0 Å². The van der Waals surface area contributed by atoms with Gasteiger partial charge in [0.2, 0.25) is 0 Å². The molecule has 2 aromatic heterocycles. The summed E-state index contributed by atoms with van der Waals surface area (Å²) in [4.78, 5) is 23.9. The zero-order valence-corrected chi connectivity index (χ0v) is 18.0. The van der Waals surface area contributed by atoms with Gasteiger partial charge in [0.15, 0.2) is 5.82 Å². The molecular formula is C22H26N6OS. The lowest BCUT2D eigenvalue weighted by molar-refractivity contribution is 0.0832. The Morgan fingerprint density at radius 3 is 3.00 bits per heavy atom. The van der Waals surface area contributed by atoms with Gasteiger partial charge in [0, 0.05) is 49.2 Å². The number of rotatable bonds is 4. The molecule has 30 heavy (non-hydrogen) atoms. The van der Waals surface area contributed by atoms with Crippen LogP contribution in [0.3, 0.4) is 0 Å². The number of amides is 1. The van der Waals surface area contributed by atoms with Crippen LogP contribution in [-0.2, 0) is 0 Å². The molecule has 2 aliphatic rings. The van der Waals surface area contributed by atoms with Gasteiger partial charge >= 0.3 is 0 Å². The van der Waals surface area contributed by atoms with E-state index < -0.39 is 0 Å². The average molecular weight is 423 g/mol. The highest BCUT2D eigenvalue weighted by Gasteiger charge is 2.33. The molecule has 0 bridgehead atoms. The Bertz CT molecular complexity index is 1080. The molecule has 1 aliphatic heterocycles. The summed E-state index contributed by atoms with van der Waals surface area (Å²) in [6, 6.07) is 11.1. The van der Waals surface area contributed by atoms with E-state index in [1.807, 2.05) is 30.5 Å². The number of thiophene rings is 1. The van der Waals surface area contributed by atoms with Gasteiger partial charge in [0.25, 0.3) is 5.91 Å². The highest BCUT2D eigenvalue weighted by Crippen LogP contribution is 2.31. The van der Waals surface area contributed by atoms with Crippen molar-refractivity contribution in [1.82, 2.24) is 25.7 Å². The molecule has 1 saturated heterocycles. The molecule has 1 saturated carbocycles. The van der Waals surface area contributed by atoms with E-state index in [9.17, 15) is 4.79 Å². The lowest BCUT2D eigenvalue weighted by Crippen LogP contribution is -2.39. The predicted octanol–water partition coefficient (Wildman–Crippen LogP) is 3.12. The van der Waals surface area contributed by atoms with Gasteiger partial charge in [-0.15, -0.1) is 11.3 Å². The van der Waals surface area contributed by atoms with Crippen LogP contribution in [0.15, 0.2) is 36.5 Å². The van der Waals surface area contributed by atoms with Gasteiger partial charge < -0.3 is 10.2 Å². The summed E-state index contributed by atoms with van der Waals surface area (Å²) in [5.74, 6) is 2.28. The third-order valence-electron chi connectivity index (χ3n) is 6.04. The lowest BCUT2D eigenvalue weighted by atomic mass is 9.83. The number of nitrogens with zero attached hydrogens (tertiary/aromatic N) is 3. The van der Waals surface area contributed by atoms with Crippen molar-refractivity contribution in [2.24, 2.45) is 5.92 Å². The third-order valence-corrected chi connectivity index (χ3v) is 7.12. The minimum Gasteiger partial charge on any atom is -0.367 e. The molecule has 3 atom stereocenters. The molecule has 156 valence electrons. The number of fused-ring (bicyclic) bond motifs is 2. The Hall–Kier alpha value is -2.55. The van der Waals surface area contributed by atoms with E-state index in [2.05, 4.69) is 27.2 Å². The predicted molar refractivity (Wildman–Crippen MR) is 121 cm³/mol. The maximum Gasteiger partial charge on any atom is 0.263 e. The number of hydrogen-bond donors (Lipinski definition) is 3. The number of benzene rings is 1. The molecule has 5 rings (SSSR count). The SMILES string of the molecule is CN(C)C(=O)c1cc2ccc(-c3nccc(NC4CCC5NNCC5C4)n3)cc2s1. The highest BCUT2D eigenvalue weighted by atomic mass is 32.1. The molecule has 3 heterocycles. The average Bonchev–Trinajstić information content (AvgIpc) is 3.39. The zero-order valence-electron chi connectivity index (χ0n) is 17.2. The van der Waals surface area contributed by atoms with Crippen LogP contribution in [0.2, 0.25) is 0 Å². The van der Waals surface area contributed by atoms with E-state index in [4.69, 9.17) is 4.98 Å².